The van der Waals surface area contributed by atoms with Crippen molar-refractivity contribution in [2.75, 3.05) is 6.61 Å². The fourth-order valence-electron chi connectivity index (χ4n) is 2.07. The van der Waals surface area contributed by atoms with Crippen LogP contribution in [0.25, 0.3) is 10.8 Å². The van der Waals surface area contributed by atoms with E-state index in [0.717, 1.165) is 0 Å². The average Bonchev–Trinajstić information content (AvgIpc) is 2.43. The Bertz CT molecular complexity index is 664. The van der Waals surface area contributed by atoms with Crippen LogP contribution in [-0.4, -0.2) is 22.8 Å². The number of aromatic hydroxyl groups is 1. The van der Waals surface area contributed by atoms with E-state index in [4.69, 9.17) is 16.3 Å². The fraction of sp³-hybridized carbons (Fsp3) is 0.267. The number of fused-ring (bicyclic) bond motifs is 1. The van der Waals surface area contributed by atoms with Gasteiger partial charge < -0.3 is 14.9 Å². The van der Waals surface area contributed by atoms with Crippen LogP contribution in [0.2, 0.25) is 5.02 Å². The minimum atomic E-state index is -1.96. The molecule has 4 nitrogen and oxygen atoms in total. The molecule has 0 saturated carbocycles. The van der Waals surface area contributed by atoms with Gasteiger partial charge >= 0.3 is 5.97 Å². The molecule has 0 aliphatic heterocycles. The highest BCUT2D eigenvalue weighted by atomic mass is 35.5. The van der Waals surface area contributed by atoms with Crippen LogP contribution in [0.5, 0.6) is 5.75 Å². The van der Waals surface area contributed by atoms with Gasteiger partial charge in [-0.1, -0.05) is 35.9 Å². The standard InChI is InChI=1S/C15H15ClO4/c1-3-20-14(18)15(2,19)11-8-12(16)9-6-4-5-7-10(9)13(11)17/h4-8,17,19H,3H2,1-2H3. The minimum Gasteiger partial charge on any atom is -0.507 e. The molecule has 1 unspecified atom stereocenters. The van der Waals surface area contributed by atoms with Crippen molar-refractivity contribution in [2.24, 2.45) is 0 Å². The summed E-state index contributed by atoms with van der Waals surface area (Å²) in [5.74, 6) is -1.01. The predicted molar refractivity (Wildman–Crippen MR) is 76.8 cm³/mol. The second-order valence-electron chi connectivity index (χ2n) is 4.59. The van der Waals surface area contributed by atoms with Gasteiger partial charge in [0.05, 0.1) is 6.61 Å². The van der Waals surface area contributed by atoms with E-state index in [0.29, 0.717) is 15.8 Å². The van der Waals surface area contributed by atoms with Crippen molar-refractivity contribution < 1.29 is 19.7 Å². The Morgan fingerprint density at radius 1 is 1.35 bits per heavy atom. The van der Waals surface area contributed by atoms with Crippen molar-refractivity contribution in [1.82, 2.24) is 0 Å². The number of rotatable bonds is 3. The highest BCUT2D eigenvalue weighted by Crippen LogP contribution is 2.39. The van der Waals surface area contributed by atoms with Crippen molar-refractivity contribution in [2.45, 2.75) is 19.4 Å². The molecule has 20 heavy (non-hydrogen) atoms. The molecule has 1 atom stereocenters. The van der Waals surface area contributed by atoms with E-state index in [1.807, 2.05) is 0 Å². The molecule has 5 heteroatoms. The lowest BCUT2D eigenvalue weighted by Gasteiger charge is -2.23. The number of ether oxygens (including phenoxy) is 1. The first-order valence-corrected chi connectivity index (χ1v) is 6.57. The molecule has 0 fully saturated rings. The largest absolute Gasteiger partial charge is 0.507 e. The van der Waals surface area contributed by atoms with Gasteiger partial charge in [-0.05, 0) is 19.9 Å². The molecular formula is C15H15ClO4. The van der Waals surface area contributed by atoms with E-state index in [9.17, 15) is 15.0 Å². The van der Waals surface area contributed by atoms with Crippen molar-refractivity contribution in [3.05, 3.63) is 40.9 Å². The zero-order valence-corrected chi connectivity index (χ0v) is 11.9. The van der Waals surface area contributed by atoms with Crippen LogP contribution in [0.4, 0.5) is 0 Å². The van der Waals surface area contributed by atoms with E-state index < -0.39 is 11.6 Å². The van der Waals surface area contributed by atoms with Crippen molar-refractivity contribution >= 4 is 28.3 Å². The van der Waals surface area contributed by atoms with Crippen LogP contribution in [0.3, 0.4) is 0 Å². The van der Waals surface area contributed by atoms with Crippen LogP contribution < -0.4 is 0 Å². The Kier molecular flexibility index (Phi) is 3.88. The van der Waals surface area contributed by atoms with Gasteiger partial charge in [0.1, 0.15) is 5.75 Å². The Balaban J connectivity index is 2.66. The summed E-state index contributed by atoms with van der Waals surface area (Å²) in [5.41, 5.74) is -1.94. The van der Waals surface area contributed by atoms with E-state index in [1.54, 1.807) is 31.2 Å². The van der Waals surface area contributed by atoms with Crippen LogP contribution >= 0.6 is 11.6 Å². The third kappa shape index (κ3) is 2.32. The fourth-order valence-corrected chi connectivity index (χ4v) is 2.34. The van der Waals surface area contributed by atoms with Crippen molar-refractivity contribution in [3.8, 4) is 5.75 Å². The lowest BCUT2D eigenvalue weighted by molar-refractivity contribution is -0.164. The Hall–Kier alpha value is -1.78. The third-order valence-electron chi connectivity index (χ3n) is 3.16. The lowest BCUT2D eigenvalue weighted by atomic mass is 9.92. The quantitative estimate of drug-likeness (QED) is 0.854. The smallest absolute Gasteiger partial charge is 0.342 e. The molecule has 0 spiro atoms. The van der Waals surface area contributed by atoms with Gasteiger partial charge in [0, 0.05) is 21.4 Å². The highest BCUT2D eigenvalue weighted by Gasteiger charge is 2.37. The first-order valence-electron chi connectivity index (χ1n) is 6.19. The Morgan fingerprint density at radius 2 is 1.95 bits per heavy atom. The molecule has 2 rings (SSSR count). The second kappa shape index (κ2) is 5.31. The molecule has 2 N–H and O–H groups in total. The number of carbonyl (C=O) groups is 1. The van der Waals surface area contributed by atoms with Crippen molar-refractivity contribution in [3.63, 3.8) is 0 Å². The summed E-state index contributed by atoms with van der Waals surface area (Å²) in [6.07, 6.45) is 0. The van der Waals surface area contributed by atoms with E-state index >= 15 is 0 Å². The number of halogens is 1. The first-order chi connectivity index (χ1) is 9.39. The average molecular weight is 295 g/mol. The monoisotopic (exact) mass is 294 g/mol. The molecule has 0 radical (unpaired) electrons. The second-order valence-corrected chi connectivity index (χ2v) is 5.00. The third-order valence-corrected chi connectivity index (χ3v) is 3.48. The summed E-state index contributed by atoms with van der Waals surface area (Å²) in [5, 5.41) is 22.1. The number of carbonyl (C=O) groups excluding carboxylic acids is 1. The molecule has 0 aliphatic carbocycles. The lowest BCUT2D eigenvalue weighted by Crippen LogP contribution is -2.34. The summed E-state index contributed by atoms with van der Waals surface area (Å²) in [6, 6.07) is 8.33. The number of phenolic OH excluding ortho intramolecular Hbond substituents is 1. The zero-order valence-electron chi connectivity index (χ0n) is 11.2. The molecule has 0 amide bonds. The number of esters is 1. The van der Waals surface area contributed by atoms with Gasteiger partial charge in [0.2, 0.25) is 0 Å². The van der Waals surface area contributed by atoms with Crippen LogP contribution in [0.1, 0.15) is 19.4 Å². The van der Waals surface area contributed by atoms with Gasteiger partial charge in [-0.3, -0.25) is 0 Å². The molecule has 0 heterocycles. The zero-order chi connectivity index (χ0) is 14.9. The molecule has 0 bridgehead atoms. The number of hydrogen-bond donors (Lipinski definition) is 2. The SMILES string of the molecule is CCOC(=O)C(C)(O)c1cc(Cl)c2ccccc2c1O. The van der Waals surface area contributed by atoms with Gasteiger partial charge in [-0.2, -0.15) is 0 Å². The summed E-state index contributed by atoms with van der Waals surface area (Å²) < 4.78 is 4.82. The summed E-state index contributed by atoms with van der Waals surface area (Å²) in [7, 11) is 0. The summed E-state index contributed by atoms with van der Waals surface area (Å²) in [6.45, 7) is 3.05. The topological polar surface area (TPSA) is 66.8 Å². The van der Waals surface area contributed by atoms with E-state index in [-0.39, 0.29) is 17.9 Å². The van der Waals surface area contributed by atoms with Gasteiger partial charge in [-0.15, -0.1) is 0 Å². The normalized spacial score (nSPS) is 14.0. The van der Waals surface area contributed by atoms with Gasteiger partial charge in [-0.25, -0.2) is 4.79 Å². The maximum atomic E-state index is 11.8. The maximum Gasteiger partial charge on any atom is 0.342 e. The van der Waals surface area contributed by atoms with E-state index in [2.05, 4.69) is 0 Å². The molecule has 0 aliphatic rings. The molecule has 0 saturated heterocycles. The number of hydrogen-bond acceptors (Lipinski definition) is 4. The molecular weight excluding hydrogens is 280 g/mol. The molecule has 2 aromatic carbocycles. The molecule has 0 aromatic heterocycles. The van der Waals surface area contributed by atoms with Crippen molar-refractivity contribution in [1.29, 1.82) is 0 Å². The first kappa shape index (κ1) is 14.6. The van der Waals surface area contributed by atoms with Crippen LogP contribution in [-0.2, 0) is 15.1 Å². The minimum absolute atomic E-state index is 0.0275. The number of benzene rings is 2. The van der Waals surface area contributed by atoms with E-state index in [1.165, 1.54) is 13.0 Å². The Labute approximate surface area is 121 Å². The highest BCUT2D eigenvalue weighted by molar-refractivity contribution is 6.36. The van der Waals surface area contributed by atoms with Gasteiger partial charge in [0.25, 0.3) is 0 Å². The Morgan fingerprint density at radius 3 is 2.55 bits per heavy atom. The maximum absolute atomic E-state index is 11.8. The van der Waals surface area contributed by atoms with Crippen LogP contribution in [0.15, 0.2) is 30.3 Å². The molecule has 106 valence electrons. The van der Waals surface area contributed by atoms with Crippen LogP contribution in [0, 0.1) is 0 Å². The molecule has 2 aromatic rings. The summed E-state index contributed by atoms with van der Waals surface area (Å²) in [4.78, 5) is 11.8. The number of phenols is 1. The summed E-state index contributed by atoms with van der Waals surface area (Å²) >= 11 is 6.15. The van der Waals surface area contributed by atoms with Gasteiger partial charge in [0.15, 0.2) is 5.60 Å². The number of aliphatic hydroxyl groups is 1. The predicted octanol–water partition coefficient (Wildman–Crippen LogP) is 2.97.